The Kier molecular flexibility index (Phi) is 4.71. The van der Waals surface area contributed by atoms with Gasteiger partial charge in [0.15, 0.2) is 4.21 Å². The molecule has 0 radical (unpaired) electrons. The topological polar surface area (TPSA) is 71.1 Å². The molecule has 0 saturated carbocycles. The van der Waals surface area contributed by atoms with Gasteiger partial charge in [-0.2, -0.15) is 0 Å². The predicted octanol–water partition coefficient (Wildman–Crippen LogP) is 1.12. The van der Waals surface area contributed by atoms with Gasteiger partial charge >= 0.3 is 0 Å². The van der Waals surface area contributed by atoms with E-state index in [-0.39, 0.29) is 0 Å². The molecule has 1 atom stereocenters. The van der Waals surface area contributed by atoms with Gasteiger partial charge in [-0.05, 0) is 45.2 Å². The molecule has 1 aliphatic heterocycles. The van der Waals surface area contributed by atoms with Gasteiger partial charge in [0.25, 0.3) is 10.0 Å². The van der Waals surface area contributed by atoms with E-state index in [1.165, 1.54) is 30.4 Å². The van der Waals surface area contributed by atoms with Crippen LogP contribution in [0.3, 0.4) is 0 Å². The van der Waals surface area contributed by atoms with E-state index in [9.17, 15) is 8.42 Å². The molecule has 0 amide bonds. The number of thiazole rings is 1. The molecule has 1 aromatic heterocycles. The van der Waals surface area contributed by atoms with Gasteiger partial charge in [-0.15, -0.1) is 11.3 Å². The monoisotopic (exact) mass is 289 g/mol. The molecule has 1 fully saturated rings. The van der Waals surface area contributed by atoms with Crippen molar-refractivity contribution in [3.05, 3.63) is 11.2 Å². The summed E-state index contributed by atoms with van der Waals surface area (Å²) >= 11 is 1.21. The van der Waals surface area contributed by atoms with Crippen molar-refractivity contribution in [3.8, 4) is 0 Å². The standard InChI is InChI=1S/C11H19N3O2S2/c1-9-13-8-11(17-9)18(15,16)14-6-4-10-3-2-5-12-7-10/h8,10,12,14H,2-7H2,1H3. The van der Waals surface area contributed by atoms with Gasteiger partial charge in [0.1, 0.15) is 0 Å². The smallest absolute Gasteiger partial charge is 0.251 e. The Labute approximate surface area is 112 Å². The third kappa shape index (κ3) is 3.74. The summed E-state index contributed by atoms with van der Waals surface area (Å²) < 4.78 is 26.8. The summed E-state index contributed by atoms with van der Waals surface area (Å²) in [7, 11) is -3.35. The van der Waals surface area contributed by atoms with Crippen molar-refractivity contribution in [3.63, 3.8) is 0 Å². The fourth-order valence-electron chi connectivity index (χ4n) is 2.11. The minimum Gasteiger partial charge on any atom is -0.316 e. The zero-order chi connectivity index (χ0) is 13.0. The summed E-state index contributed by atoms with van der Waals surface area (Å²) in [5, 5.41) is 4.10. The molecule has 2 heterocycles. The van der Waals surface area contributed by atoms with E-state index in [1.807, 2.05) is 0 Å². The van der Waals surface area contributed by atoms with Crippen LogP contribution in [0.15, 0.2) is 10.4 Å². The second kappa shape index (κ2) is 6.10. The van der Waals surface area contributed by atoms with Gasteiger partial charge < -0.3 is 5.32 Å². The van der Waals surface area contributed by atoms with Crippen molar-refractivity contribution < 1.29 is 8.42 Å². The van der Waals surface area contributed by atoms with Crippen molar-refractivity contribution >= 4 is 21.4 Å². The van der Waals surface area contributed by atoms with Crippen LogP contribution in [0.2, 0.25) is 0 Å². The van der Waals surface area contributed by atoms with Crippen molar-refractivity contribution in [2.24, 2.45) is 5.92 Å². The Morgan fingerprint density at radius 3 is 3.06 bits per heavy atom. The maximum atomic E-state index is 11.9. The van der Waals surface area contributed by atoms with E-state index in [0.717, 1.165) is 24.5 Å². The Morgan fingerprint density at radius 1 is 1.61 bits per heavy atom. The van der Waals surface area contributed by atoms with Crippen molar-refractivity contribution in [2.75, 3.05) is 19.6 Å². The Bertz CT molecular complexity index is 478. The molecule has 0 spiro atoms. The van der Waals surface area contributed by atoms with Gasteiger partial charge in [0.2, 0.25) is 0 Å². The number of aromatic nitrogens is 1. The van der Waals surface area contributed by atoms with Crippen LogP contribution in [-0.2, 0) is 10.0 Å². The van der Waals surface area contributed by atoms with Crippen molar-refractivity contribution in [1.82, 2.24) is 15.0 Å². The number of sulfonamides is 1. The number of nitrogens with zero attached hydrogens (tertiary/aromatic N) is 1. The molecule has 1 aliphatic rings. The third-order valence-corrected chi connectivity index (χ3v) is 5.94. The fraction of sp³-hybridized carbons (Fsp3) is 0.727. The van der Waals surface area contributed by atoms with Crippen LogP contribution in [0.1, 0.15) is 24.3 Å². The first kappa shape index (κ1) is 13.9. The van der Waals surface area contributed by atoms with E-state index in [1.54, 1.807) is 6.92 Å². The number of rotatable bonds is 5. The summed E-state index contributed by atoms with van der Waals surface area (Å²) in [6.07, 6.45) is 4.69. The molecule has 0 aromatic carbocycles. The molecule has 2 N–H and O–H groups in total. The number of hydrogen-bond donors (Lipinski definition) is 2. The normalized spacial score (nSPS) is 21.1. The van der Waals surface area contributed by atoms with Crippen LogP contribution < -0.4 is 10.0 Å². The number of aryl methyl sites for hydroxylation is 1. The van der Waals surface area contributed by atoms with E-state index < -0.39 is 10.0 Å². The highest BCUT2D eigenvalue weighted by Crippen LogP contribution is 2.18. The highest BCUT2D eigenvalue weighted by Gasteiger charge is 2.18. The first-order chi connectivity index (χ1) is 8.58. The fourth-order valence-corrected chi connectivity index (χ4v) is 4.30. The largest absolute Gasteiger partial charge is 0.316 e. The van der Waals surface area contributed by atoms with Crippen LogP contribution in [0.5, 0.6) is 0 Å². The van der Waals surface area contributed by atoms with Gasteiger partial charge in [0, 0.05) is 6.54 Å². The molecule has 2 rings (SSSR count). The summed E-state index contributed by atoms with van der Waals surface area (Å²) in [4.78, 5) is 3.97. The first-order valence-corrected chi connectivity index (χ1v) is 8.51. The molecule has 102 valence electrons. The molecule has 1 aromatic rings. The predicted molar refractivity (Wildman–Crippen MR) is 72.3 cm³/mol. The average Bonchev–Trinajstić information content (AvgIpc) is 2.78. The van der Waals surface area contributed by atoms with E-state index in [2.05, 4.69) is 15.0 Å². The average molecular weight is 289 g/mol. The first-order valence-electron chi connectivity index (χ1n) is 6.21. The lowest BCUT2D eigenvalue weighted by molar-refractivity contribution is 0.358. The molecule has 1 unspecified atom stereocenters. The zero-order valence-corrected chi connectivity index (χ0v) is 12.1. The highest BCUT2D eigenvalue weighted by atomic mass is 32.2. The van der Waals surface area contributed by atoms with Gasteiger partial charge in [0.05, 0.1) is 11.2 Å². The Hall–Kier alpha value is -0.500. The second-order valence-corrected chi connectivity index (χ2v) is 7.83. The van der Waals surface area contributed by atoms with Gasteiger partial charge in [-0.25, -0.2) is 18.1 Å². The van der Waals surface area contributed by atoms with Crippen LogP contribution in [0.4, 0.5) is 0 Å². The molecule has 1 saturated heterocycles. The van der Waals surface area contributed by atoms with E-state index in [4.69, 9.17) is 0 Å². The lowest BCUT2D eigenvalue weighted by atomic mass is 9.96. The lowest BCUT2D eigenvalue weighted by Gasteiger charge is -2.22. The molecule has 0 aliphatic carbocycles. The van der Waals surface area contributed by atoms with Crippen LogP contribution in [0, 0.1) is 12.8 Å². The third-order valence-electron chi connectivity index (χ3n) is 3.11. The van der Waals surface area contributed by atoms with Crippen LogP contribution in [-0.4, -0.2) is 33.0 Å². The molecule has 5 nitrogen and oxygen atoms in total. The minimum absolute atomic E-state index is 0.307. The van der Waals surface area contributed by atoms with Gasteiger partial charge in [-0.3, -0.25) is 0 Å². The summed E-state index contributed by atoms with van der Waals surface area (Å²) in [6, 6.07) is 0. The number of nitrogens with one attached hydrogen (secondary N) is 2. The Morgan fingerprint density at radius 2 is 2.44 bits per heavy atom. The van der Waals surface area contributed by atoms with Crippen LogP contribution >= 0.6 is 11.3 Å². The summed E-state index contributed by atoms with van der Waals surface area (Å²) in [6.45, 7) is 4.40. The zero-order valence-electron chi connectivity index (χ0n) is 10.5. The van der Waals surface area contributed by atoms with Gasteiger partial charge in [-0.1, -0.05) is 0 Å². The van der Waals surface area contributed by atoms with Crippen molar-refractivity contribution in [2.45, 2.75) is 30.4 Å². The molecule has 0 bridgehead atoms. The maximum absolute atomic E-state index is 11.9. The molecular weight excluding hydrogens is 270 g/mol. The molecular formula is C11H19N3O2S2. The lowest BCUT2D eigenvalue weighted by Crippen LogP contribution is -2.33. The maximum Gasteiger partial charge on any atom is 0.251 e. The number of piperidine rings is 1. The summed E-state index contributed by atoms with van der Waals surface area (Å²) in [5.41, 5.74) is 0. The van der Waals surface area contributed by atoms with E-state index >= 15 is 0 Å². The minimum atomic E-state index is -3.35. The Balaban J connectivity index is 1.82. The van der Waals surface area contributed by atoms with Crippen LogP contribution in [0.25, 0.3) is 0 Å². The highest BCUT2D eigenvalue weighted by molar-refractivity contribution is 7.91. The SMILES string of the molecule is Cc1ncc(S(=O)(=O)NCCC2CCCNC2)s1. The second-order valence-electron chi connectivity index (χ2n) is 4.60. The summed E-state index contributed by atoms with van der Waals surface area (Å²) in [5.74, 6) is 0.588. The van der Waals surface area contributed by atoms with Crippen molar-refractivity contribution in [1.29, 1.82) is 0 Å². The molecule has 7 heteroatoms. The quantitative estimate of drug-likeness (QED) is 0.852. The molecule has 18 heavy (non-hydrogen) atoms. The van der Waals surface area contributed by atoms with E-state index in [0.29, 0.717) is 16.7 Å². The number of hydrogen-bond acceptors (Lipinski definition) is 5.